The fourth-order valence-electron chi connectivity index (χ4n) is 1.72. The molecular weight excluding hydrogens is 224 g/mol. The van der Waals surface area contributed by atoms with E-state index in [9.17, 15) is 4.79 Å². The fourth-order valence-corrected chi connectivity index (χ4v) is 2.26. The first-order chi connectivity index (χ1) is 7.74. The van der Waals surface area contributed by atoms with Crippen LogP contribution in [0.25, 0.3) is 11.0 Å². The lowest BCUT2D eigenvalue weighted by Crippen LogP contribution is -2.12. The highest BCUT2D eigenvalue weighted by Gasteiger charge is 2.17. The lowest BCUT2D eigenvalue weighted by molar-refractivity contribution is -0.115. The van der Waals surface area contributed by atoms with Crippen molar-refractivity contribution < 1.29 is 4.79 Å². The summed E-state index contributed by atoms with van der Waals surface area (Å²) in [6, 6.07) is 3.72. The van der Waals surface area contributed by atoms with E-state index in [1.165, 1.54) is 0 Å². The molecule has 2 aromatic rings. The molecule has 1 aliphatic heterocycles. The number of rotatable bonds is 0. The van der Waals surface area contributed by atoms with Gasteiger partial charge >= 0.3 is 0 Å². The monoisotopic (exact) mass is 232 g/mol. The van der Waals surface area contributed by atoms with Gasteiger partial charge in [-0.3, -0.25) is 9.79 Å². The quantitative estimate of drug-likeness (QED) is 0.756. The van der Waals surface area contributed by atoms with E-state index in [0.29, 0.717) is 17.6 Å². The second kappa shape index (κ2) is 3.34. The molecule has 1 aromatic carbocycles. The molecule has 1 aromatic heterocycles. The Labute approximate surface area is 95.5 Å². The summed E-state index contributed by atoms with van der Waals surface area (Å²) in [5, 5.41) is 2.83. The summed E-state index contributed by atoms with van der Waals surface area (Å²) in [6.45, 7) is 1.85. The zero-order chi connectivity index (χ0) is 11.1. The maximum atomic E-state index is 11.6. The maximum Gasteiger partial charge on any atom is 0.230 e. The topological polar surface area (TPSA) is 67.2 Å². The van der Waals surface area contributed by atoms with E-state index in [1.54, 1.807) is 0 Å². The normalized spacial score (nSPS) is 15.3. The van der Waals surface area contributed by atoms with Gasteiger partial charge in [-0.25, -0.2) is 0 Å². The van der Waals surface area contributed by atoms with E-state index in [0.717, 1.165) is 28.6 Å². The van der Waals surface area contributed by atoms with Crippen LogP contribution < -0.4 is 5.32 Å². The van der Waals surface area contributed by atoms with Crippen LogP contribution in [0.5, 0.6) is 0 Å². The molecule has 5 nitrogen and oxygen atoms in total. The number of benzene rings is 1. The molecule has 0 unspecified atom stereocenters. The lowest BCUT2D eigenvalue weighted by atomic mass is 10.2. The molecule has 0 bridgehead atoms. The predicted molar refractivity (Wildman–Crippen MR) is 63.4 cm³/mol. The van der Waals surface area contributed by atoms with Crippen LogP contribution in [0.3, 0.4) is 0 Å². The van der Waals surface area contributed by atoms with E-state index < -0.39 is 0 Å². The van der Waals surface area contributed by atoms with Gasteiger partial charge in [0, 0.05) is 5.71 Å². The van der Waals surface area contributed by atoms with E-state index in [-0.39, 0.29) is 5.91 Å². The average molecular weight is 232 g/mol. The predicted octanol–water partition coefficient (Wildman–Crippen LogP) is 2.13. The first-order valence-electron chi connectivity index (χ1n) is 4.83. The highest BCUT2D eigenvalue weighted by atomic mass is 32.1. The molecule has 16 heavy (non-hydrogen) atoms. The number of anilines is 1. The zero-order valence-electron chi connectivity index (χ0n) is 8.52. The molecule has 2 heterocycles. The van der Waals surface area contributed by atoms with Gasteiger partial charge in [-0.1, -0.05) is 0 Å². The minimum atomic E-state index is -0.0551. The van der Waals surface area contributed by atoms with Crippen LogP contribution in [0.1, 0.15) is 13.3 Å². The summed E-state index contributed by atoms with van der Waals surface area (Å²) in [6.07, 6.45) is 0.327. The number of hydrogen-bond donors (Lipinski definition) is 1. The second-order valence-electron chi connectivity index (χ2n) is 3.66. The van der Waals surface area contributed by atoms with Crippen LogP contribution >= 0.6 is 11.7 Å². The minimum Gasteiger partial charge on any atom is -0.322 e. The molecule has 6 heteroatoms. The van der Waals surface area contributed by atoms with E-state index in [4.69, 9.17) is 0 Å². The first kappa shape index (κ1) is 9.41. The summed E-state index contributed by atoms with van der Waals surface area (Å²) in [5.74, 6) is -0.0551. The van der Waals surface area contributed by atoms with Crippen molar-refractivity contribution in [1.82, 2.24) is 8.75 Å². The van der Waals surface area contributed by atoms with Crippen molar-refractivity contribution in [1.29, 1.82) is 0 Å². The third-order valence-corrected chi connectivity index (χ3v) is 2.94. The molecule has 1 amide bonds. The summed E-state index contributed by atoms with van der Waals surface area (Å²) in [4.78, 5) is 16.0. The highest BCUT2D eigenvalue weighted by molar-refractivity contribution is 7.00. The van der Waals surface area contributed by atoms with Gasteiger partial charge in [-0.05, 0) is 19.1 Å². The van der Waals surface area contributed by atoms with Crippen LogP contribution in [0, 0.1) is 0 Å². The number of amides is 1. The molecular formula is C10H8N4OS. The minimum absolute atomic E-state index is 0.0551. The Balaban J connectivity index is 2.32. The molecule has 0 fully saturated rings. The molecule has 0 spiro atoms. The van der Waals surface area contributed by atoms with Gasteiger partial charge in [0.15, 0.2) is 0 Å². The molecule has 0 radical (unpaired) electrons. The summed E-state index contributed by atoms with van der Waals surface area (Å²) >= 11 is 1.13. The van der Waals surface area contributed by atoms with Crippen LogP contribution in [0.15, 0.2) is 17.1 Å². The Bertz CT molecular complexity index is 616. The van der Waals surface area contributed by atoms with Gasteiger partial charge in [0.1, 0.15) is 11.0 Å². The van der Waals surface area contributed by atoms with Crippen LogP contribution in [-0.2, 0) is 4.79 Å². The number of carbonyl (C=O) groups is 1. The van der Waals surface area contributed by atoms with Gasteiger partial charge in [0.25, 0.3) is 0 Å². The molecule has 1 aliphatic rings. The number of carbonyl (C=O) groups excluding carboxylic acids is 1. The highest BCUT2D eigenvalue weighted by Crippen LogP contribution is 2.34. The SMILES string of the molecule is CC1=Nc2ccc3nsnc3c2NC(=O)C1. The first-order valence-corrected chi connectivity index (χ1v) is 5.56. The van der Waals surface area contributed by atoms with Crippen molar-refractivity contribution in [3.05, 3.63) is 12.1 Å². The third-order valence-electron chi connectivity index (χ3n) is 2.40. The van der Waals surface area contributed by atoms with Crippen molar-refractivity contribution >= 4 is 45.8 Å². The Kier molecular flexibility index (Phi) is 1.97. The van der Waals surface area contributed by atoms with Gasteiger partial charge in [-0.15, -0.1) is 0 Å². The largest absolute Gasteiger partial charge is 0.322 e. The van der Waals surface area contributed by atoms with Gasteiger partial charge < -0.3 is 5.32 Å². The summed E-state index contributed by atoms with van der Waals surface area (Å²) < 4.78 is 8.31. The van der Waals surface area contributed by atoms with Crippen LogP contribution in [0.2, 0.25) is 0 Å². The summed E-state index contributed by atoms with van der Waals surface area (Å²) in [7, 11) is 0. The van der Waals surface area contributed by atoms with Crippen molar-refractivity contribution in [2.75, 3.05) is 5.32 Å². The smallest absolute Gasteiger partial charge is 0.230 e. The summed E-state index contributed by atoms with van der Waals surface area (Å²) in [5.41, 5.74) is 3.74. The third kappa shape index (κ3) is 1.38. The molecule has 0 saturated carbocycles. The second-order valence-corrected chi connectivity index (χ2v) is 4.19. The molecule has 1 N–H and O–H groups in total. The molecule has 3 rings (SSSR count). The fraction of sp³-hybridized carbons (Fsp3) is 0.200. The number of aromatic nitrogens is 2. The zero-order valence-corrected chi connectivity index (χ0v) is 9.34. The van der Waals surface area contributed by atoms with Crippen molar-refractivity contribution in [3.8, 4) is 0 Å². The van der Waals surface area contributed by atoms with E-state index in [1.807, 2.05) is 19.1 Å². The number of aliphatic imine (C=N–C) groups is 1. The van der Waals surface area contributed by atoms with Crippen molar-refractivity contribution in [2.24, 2.45) is 4.99 Å². The van der Waals surface area contributed by atoms with E-state index >= 15 is 0 Å². The standard InChI is InChI=1S/C10H8N4OS/c1-5-4-8(15)12-9-6(11-5)2-3-7-10(9)14-16-13-7/h2-3H,4H2,1H3,(H,12,15). The Morgan fingerprint density at radius 2 is 2.25 bits per heavy atom. The van der Waals surface area contributed by atoms with Crippen LogP contribution in [-0.4, -0.2) is 20.4 Å². The van der Waals surface area contributed by atoms with Crippen molar-refractivity contribution in [3.63, 3.8) is 0 Å². The Hall–Kier alpha value is -1.82. The number of nitrogens with zero attached hydrogens (tertiary/aromatic N) is 3. The number of fused-ring (bicyclic) bond motifs is 3. The molecule has 0 atom stereocenters. The molecule has 80 valence electrons. The lowest BCUT2D eigenvalue weighted by Gasteiger charge is -2.03. The van der Waals surface area contributed by atoms with Gasteiger partial charge in [-0.2, -0.15) is 8.75 Å². The Morgan fingerprint density at radius 3 is 3.12 bits per heavy atom. The number of nitrogens with one attached hydrogen (secondary N) is 1. The van der Waals surface area contributed by atoms with E-state index in [2.05, 4.69) is 19.1 Å². The van der Waals surface area contributed by atoms with Crippen LogP contribution in [0.4, 0.5) is 11.4 Å². The van der Waals surface area contributed by atoms with Gasteiger partial charge in [0.05, 0.1) is 29.5 Å². The molecule has 0 aliphatic carbocycles. The van der Waals surface area contributed by atoms with Gasteiger partial charge in [0.2, 0.25) is 5.91 Å². The average Bonchev–Trinajstić information content (AvgIpc) is 2.64. The molecule has 0 saturated heterocycles. The maximum absolute atomic E-state index is 11.6. The Morgan fingerprint density at radius 1 is 1.38 bits per heavy atom. The number of hydrogen-bond acceptors (Lipinski definition) is 5. The van der Waals surface area contributed by atoms with Crippen molar-refractivity contribution in [2.45, 2.75) is 13.3 Å².